The lowest BCUT2D eigenvalue weighted by molar-refractivity contribution is 0.248. The lowest BCUT2D eigenvalue weighted by Gasteiger charge is -2.28. The van der Waals surface area contributed by atoms with Crippen LogP contribution >= 0.6 is 0 Å². The Morgan fingerprint density at radius 2 is 1.08 bits per heavy atom. The van der Waals surface area contributed by atoms with Crippen molar-refractivity contribution in [2.45, 2.75) is 117 Å². The smallest absolute Gasteiger partial charge is 0.0276 e. The van der Waals surface area contributed by atoms with Crippen molar-refractivity contribution >= 4 is 0 Å². The average molecular weight is 357 g/mol. The van der Waals surface area contributed by atoms with E-state index < -0.39 is 0 Å². The third-order valence-electron chi connectivity index (χ3n) is 6.62. The highest BCUT2D eigenvalue weighted by atomic mass is 14.3. The molecule has 1 aromatic rings. The van der Waals surface area contributed by atoms with Crippen molar-refractivity contribution in [3.8, 4) is 0 Å². The molecule has 0 heterocycles. The summed E-state index contributed by atoms with van der Waals surface area (Å²) < 4.78 is 0. The number of hydrogen-bond donors (Lipinski definition) is 0. The lowest BCUT2D eigenvalue weighted by atomic mass is 9.77. The summed E-state index contributed by atoms with van der Waals surface area (Å²) >= 11 is 0. The quantitative estimate of drug-likeness (QED) is 0.311. The number of hydrogen-bond acceptors (Lipinski definition) is 0. The van der Waals surface area contributed by atoms with Crippen molar-refractivity contribution < 1.29 is 0 Å². The zero-order valence-corrected chi connectivity index (χ0v) is 17.8. The van der Waals surface area contributed by atoms with Crippen LogP contribution in [-0.4, -0.2) is 0 Å². The Morgan fingerprint density at radius 1 is 0.577 bits per heavy atom. The Labute approximate surface area is 164 Å². The van der Waals surface area contributed by atoms with Gasteiger partial charge in [0.25, 0.3) is 0 Å². The van der Waals surface area contributed by atoms with Crippen LogP contribution in [0.25, 0.3) is 0 Å². The summed E-state index contributed by atoms with van der Waals surface area (Å²) in [5.74, 6) is 2.05. The summed E-state index contributed by atoms with van der Waals surface area (Å²) in [7, 11) is 0. The van der Waals surface area contributed by atoms with Gasteiger partial charge in [-0.15, -0.1) is 0 Å². The second kappa shape index (κ2) is 13.4. The van der Waals surface area contributed by atoms with Crippen molar-refractivity contribution in [1.82, 2.24) is 0 Å². The molecule has 1 fully saturated rings. The molecular weight excluding hydrogens is 312 g/mol. The zero-order chi connectivity index (χ0) is 18.5. The van der Waals surface area contributed by atoms with Crippen LogP contribution in [0.15, 0.2) is 24.3 Å². The maximum absolute atomic E-state index is 2.39. The highest BCUT2D eigenvalue weighted by molar-refractivity contribution is 5.22. The molecule has 0 spiro atoms. The number of benzene rings is 1. The van der Waals surface area contributed by atoms with E-state index in [9.17, 15) is 0 Å². The molecular formula is C26H44. The summed E-state index contributed by atoms with van der Waals surface area (Å²) in [6.45, 7) is 4.59. The first kappa shape index (κ1) is 21.5. The van der Waals surface area contributed by atoms with Gasteiger partial charge in [0.1, 0.15) is 0 Å². The minimum Gasteiger partial charge on any atom is -0.0654 e. The molecule has 0 aliphatic heterocycles. The van der Waals surface area contributed by atoms with Crippen LogP contribution < -0.4 is 0 Å². The van der Waals surface area contributed by atoms with E-state index in [4.69, 9.17) is 0 Å². The normalized spacial score (nSPS) is 20.4. The molecule has 0 nitrogen and oxygen atoms in total. The molecule has 0 unspecified atom stereocenters. The van der Waals surface area contributed by atoms with Crippen LogP contribution in [0, 0.1) is 11.8 Å². The molecule has 1 aliphatic rings. The van der Waals surface area contributed by atoms with Gasteiger partial charge in [-0.05, 0) is 48.6 Å². The van der Waals surface area contributed by atoms with Crippen LogP contribution in [-0.2, 0) is 12.8 Å². The highest BCUT2D eigenvalue weighted by Crippen LogP contribution is 2.34. The van der Waals surface area contributed by atoms with Crippen LogP contribution in [0.2, 0.25) is 0 Å². The molecule has 26 heavy (non-hydrogen) atoms. The predicted octanol–water partition coefficient (Wildman–Crippen LogP) is 8.52. The van der Waals surface area contributed by atoms with E-state index in [2.05, 4.69) is 38.1 Å². The molecule has 1 aliphatic carbocycles. The fraction of sp³-hybridized carbons (Fsp3) is 0.769. The lowest BCUT2D eigenvalue weighted by Crippen LogP contribution is -2.15. The molecule has 0 amide bonds. The fourth-order valence-corrected chi connectivity index (χ4v) is 4.67. The van der Waals surface area contributed by atoms with Crippen molar-refractivity contribution in [3.63, 3.8) is 0 Å². The minimum atomic E-state index is 0.996. The van der Waals surface area contributed by atoms with E-state index in [1.54, 1.807) is 5.56 Å². The third-order valence-corrected chi connectivity index (χ3v) is 6.62. The standard InChI is InChI=1S/C26H44/c1-3-5-7-8-10-12-24-15-19-26(20-16-24)22-21-25-17-13-23(14-18-25)11-9-6-4-2/h13-14,17-18,24,26H,3-12,15-16,19-22H2,1-2H3. The molecule has 0 bridgehead atoms. The van der Waals surface area contributed by atoms with Gasteiger partial charge in [0.05, 0.1) is 0 Å². The van der Waals surface area contributed by atoms with Gasteiger partial charge < -0.3 is 0 Å². The van der Waals surface area contributed by atoms with Gasteiger partial charge in [-0.3, -0.25) is 0 Å². The number of rotatable bonds is 13. The molecule has 0 N–H and O–H groups in total. The molecule has 1 aromatic carbocycles. The van der Waals surface area contributed by atoms with Crippen LogP contribution in [0.3, 0.4) is 0 Å². The van der Waals surface area contributed by atoms with E-state index in [-0.39, 0.29) is 0 Å². The van der Waals surface area contributed by atoms with Gasteiger partial charge >= 0.3 is 0 Å². The van der Waals surface area contributed by atoms with Gasteiger partial charge in [0.2, 0.25) is 0 Å². The van der Waals surface area contributed by atoms with Crippen molar-refractivity contribution in [3.05, 3.63) is 35.4 Å². The first-order valence-corrected chi connectivity index (χ1v) is 11.9. The Bertz CT molecular complexity index is 436. The summed E-state index contributed by atoms with van der Waals surface area (Å²) in [6, 6.07) is 9.54. The monoisotopic (exact) mass is 356 g/mol. The van der Waals surface area contributed by atoms with E-state index in [0.717, 1.165) is 11.8 Å². The molecule has 0 saturated heterocycles. The summed E-state index contributed by atoms with van der Waals surface area (Å²) in [6.07, 6.45) is 22.7. The summed E-state index contributed by atoms with van der Waals surface area (Å²) in [5, 5.41) is 0. The van der Waals surface area contributed by atoms with Crippen LogP contribution in [0.4, 0.5) is 0 Å². The molecule has 148 valence electrons. The average Bonchev–Trinajstić information content (AvgIpc) is 2.68. The summed E-state index contributed by atoms with van der Waals surface area (Å²) in [5.41, 5.74) is 3.09. The Kier molecular flexibility index (Phi) is 11.1. The largest absolute Gasteiger partial charge is 0.0654 e. The predicted molar refractivity (Wildman–Crippen MR) is 117 cm³/mol. The van der Waals surface area contributed by atoms with Gasteiger partial charge in [-0.2, -0.15) is 0 Å². The molecule has 0 radical (unpaired) electrons. The SMILES string of the molecule is CCCCCCCC1CCC(CCc2ccc(CCCCC)cc2)CC1. The van der Waals surface area contributed by atoms with Crippen LogP contribution in [0.5, 0.6) is 0 Å². The molecule has 0 atom stereocenters. The third kappa shape index (κ3) is 8.74. The van der Waals surface area contributed by atoms with Crippen molar-refractivity contribution in [2.75, 3.05) is 0 Å². The topological polar surface area (TPSA) is 0 Å². The molecule has 2 rings (SSSR count). The van der Waals surface area contributed by atoms with Crippen LogP contribution in [0.1, 0.15) is 115 Å². The second-order valence-electron chi connectivity index (χ2n) is 8.90. The number of aryl methyl sites for hydroxylation is 2. The number of unbranched alkanes of at least 4 members (excludes halogenated alkanes) is 6. The molecule has 1 saturated carbocycles. The fourth-order valence-electron chi connectivity index (χ4n) is 4.67. The van der Waals surface area contributed by atoms with E-state index in [1.165, 1.54) is 108 Å². The van der Waals surface area contributed by atoms with E-state index in [0.29, 0.717) is 0 Å². The van der Waals surface area contributed by atoms with Crippen molar-refractivity contribution in [2.24, 2.45) is 11.8 Å². The van der Waals surface area contributed by atoms with Gasteiger partial charge in [0.15, 0.2) is 0 Å². The molecule has 0 heteroatoms. The molecule has 0 aromatic heterocycles. The Morgan fingerprint density at radius 3 is 1.69 bits per heavy atom. The Balaban J connectivity index is 1.56. The second-order valence-corrected chi connectivity index (χ2v) is 8.90. The Hall–Kier alpha value is -0.780. The van der Waals surface area contributed by atoms with Crippen molar-refractivity contribution in [1.29, 1.82) is 0 Å². The zero-order valence-electron chi connectivity index (χ0n) is 17.8. The summed E-state index contributed by atoms with van der Waals surface area (Å²) in [4.78, 5) is 0. The first-order valence-electron chi connectivity index (χ1n) is 11.9. The highest BCUT2D eigenvalue weighted by Gasteiger charge is 2.20. The first-order chi connectivity index (χ1) is 12.8. The maximum Gasteiger partial charge on any atom is -0.0276 e. The van der Waals surface area contributed by atoms with E-state index >= 15 is 0 Å². The van der Waals surface area contributed by atoms with Gasteiger partial charge in [0, 0.05) is 0 Å². The van der Waals surface area contributed by atoms with Gasteiger partial charge in [-0.1, -0.05) is 115 Å². The maximum atomic E-state index is 2.39. The van der Waals surface area contributed by atoms with E-state index in [1.807, 2.05) is 0 Å². The van der Waals surface area contributed by atoms with Gasteiger partial charge in [-0.25, -0.2) is 0 Å². The minimum absolute atomic E-state index is 0.996.